The van der Waals surface area contributed by atoms with Crippen molar-refractivity contribution in [2.75, 3.05) is 40.5 Å². The van der Waals surface area contributed by atoms with Crippen molar-refractivity contribution < 1.29 is 28.8 Å². The highest BCUT2D eigenvalue weighted by molar-refractivity contribution is 5.68. The van der Waals surface area contributed by atoms with Gasteiger partial charge in [0.1, 0.15) is 6.10 Å². The van der Waals surface area contributed by atoms with E-state index in [-0.39, 0.29) is 18.1 Å². The van der Waals surface area contributed by atoms with E-state index in [1.807, 2.05) is 25.1 Å². The Bertz CT molecular complexity index is 672. The van der Waals surface area contributed by atoms with Crippen LogP contribution in [0.25, 0.3) is 0 Å². The Hall–Kier alpha value is -1.99. The monoisotopic (exact) mass is 379 g/mol. The summed E-state index contributed by atoms with van der Waals surface area (Å²) in [5.41, 5.74) is 0.510. The van der Waals surface area contributed by atoms with Gasteiger partial charge in [-0.15, -0.1) is 0 Å². The van der Waals surface area contributed by atoms with Gasteiger partial charge in [0.25, 0.3) is 0 Å². The average molecular weight is 379 g/mol. The van der Waals surface area contributed by atoms with E-state index in [2.05, 4.69) is 0 Å². The molecule has 1 amide bonds. The number of amides is 1. The molecule has 0 aliphatic carbocycles. The molecule has 0 spiro atoms. The Morgan fingerprint density at radius 2 is 2.15 bits per heavy atom. The van der Waals surface area contributed by atoms with Gasteiger partial charge < -0.3 is 29.0 Å². The second-order valence-corrected chi connectivity index (χ2v) is 7.60. The number of aliphatic hydroxyl groups is 1. The number of rotatable bonds is 5. The van der Waals surface area contributed by atoms with Gasteiger partial charge in [0.2, 0.25) is 0 Å². The molecule has 2 unspecified atom stereocenters. The van der Waals surface area contributed by atoms with E-state index in [1.165, 1.54) is 7.11 Å². The van der Waals surface area contributed by atoms with Crippen LogP contribution in [-0.4, -0.2) is 68.8 Å². The maximum Gasteiger partial charge on any atom is 0.409 e. The largest absolute Gasteiger partial charge is 0.493 e. The summed E-state index contributed by atoms with van der Waals surface area (Å²) >= 11 is 0. The molecule has 0 radical (unpaired) electrons. The van der Waals surface area contributed by atoms with Crippen LogP contribution in [0.1, 0.15) is 31.7 Å². The standard InChI is InChI=1S/C20H29NO6/c1-13(22)20(2)12-21(19(23)25-4)10-16(20)14-5-6-17(24-3)18(9-14)27-15-7-8-26-11-15/h5-6,9,13,15-16,22H,7-8,10-12H2,1-4H3/t13?,15-,16?,20-/m0/s1. The molecule has 2 aliphatic heterocycles. The summed E-state index contributed by atoms with van der Waals surface area (Å²) in [5.74, 6) is 1.27. The lowest BCUT2D eigenvalue weighted by Crippen LogP contribution is -2.38. The second kappa shape index (κ2) is 7.94. The highest BCUT2D eigenvalue weighted by atomic mass is 16.6. The molecule has 0 saturated carbocycles. The van der Waals surface area contributed by atoms with Crippen LogP contribution in [0.3, 0.4) is 0 Å². The molecule has 2 aliphatic rings. The van der Waals surface area contributed by atoms with E-state index >= 15 is 0 Å². The van der Waals surface area contributed by atoms with Gasteiger partial charge in [0.15, 0.2) is 11.5 Å². The Balaban J connectivity index is 1.91. The third-order valence-electron chi connectivity index (χ3n) is 5.89. The Morgan fingerprint density at radius 3 is 2.74 bits per heavy atom. The van der Waals surface area contributed by atoms with Crippen molar-refractivity contribution in [1.29, 1.82) is 0 Å². The molecule has 2 saturated heterocycles. The van der Waals surface area contributed by atoms with Crippen molar-refractivity contribution in [2.24, 2.45) is 5.41 Å². The maximum absolute atomic E-state index is 12.1. The number of hydrogen-bond acceptors (Lipinski definition) is 6. The number of methoxy groups -OCH3 is 2. The lowest BCUT2D eigenvalue weighted by Gasteiger charge is -2.33. The summed E-state index contributed by atoms with van der Waals surface area (Å²) < 4.78 is 21.8. The van der Waals surface area contributed by atoms with Crippen LogP contribution in [0.4, 0.5) is 4.79 Å². The summed E-state index contributed by atoms with van der Waals surface area (Å²) in [6.07, 6.45) is -0.116. The highest BCUT2D eigenvalue weighted by Gasteiger charge is 2.48. The van der Waals surface area contributed by atoms with Gasteiger partial charge in [-0.3, -0.25) is 0 Å². The SMILES string of the molecule is COC(=O)N1CC(c2ccc(OC)c(O[C@H]3CCOC3)c2)[C@](C)(C(C)O)C1. The van der Waals surface area contributed by atoms with Gasteiger partial charge in [-0.05, 0) is 24.6 Å². The van der Waals surface area contributed by atoms with Gasteiger partial charge in [0.05, 0.1) is 33.5 Å². The minimum atomic E-state index is -0.591. The lowest BCUT2D eigenvalue weighted by atomic mass is 9.72. The fraction of sp³-hybridized carbons (Fsp3) is 0.650. The normalized spacial score (nSPS) is 28.9. The summed E-state index contributed by atoms with van der Waals surface area (Å²) in [5, 5.41) is 10.5. The first-order valence-electron chi connectivity index (χ1n) is 9.32. The van der Waals surface area contributed by atoms with E-state index < -0.39 is 11.5 Å². The van der Waals surface area contributed by atoms with Gasteiger partial charge in [-0.1, -0.05) is 13.0 Å². The zero-order valence-electron chi connectivity index (χ0n) is 16.4. The predicted octanol–water partition coefficient (Wildman–Crippen LogP) is 2.42. The topological polar surface area (TPSA) is 77.5 Å². The molecule has 2 heterocycles. The average Bonchev–Trinajstić information content (AvgIpc) is 3.29. The third kappa shape index (κ3) is 3.84. The van der Waals surface area contributed by atoms with Crippen LogP contribution < -0.4 is 9.47 Å². The number of likely N-dealkylation sites (tertiary alicyclic amines) is 1. The second-order valence-electron chi connectivity index (χ2n) is 7.60. The third-order valence-corrected chi connectivity index (χ3v) is 5.89. The van der Waals surface area contributed by atoms with Crippen LogP contribution >= 0.6 is 0 Å². The number of hydrogen-bond donors (Lipinski definition) is 1. The van der Waals surface area contributed by atoms with Crippen LogP contribution in [-0.2, 0) is 9.47 Å². The summed E-state index contributed by atoms with van der Waals surface area (Å²) in [4.78, 5) is 13.7. The molecule has 27 heavy (non-hydrogen) atoms. The molecule has 7 heteroatoms. The zero-order chi connectivity index (χ0) is 19.6. The van der Waals surface area contributed by atoms with Gasteiger partial charge in [-0.25, -0.2) is 4.79 Å². The van der Waals surface area contributed by atoms with Gasteiger partial charge in [0, 0.05) is 30.8 Å². The predicted molar refractivity (Wildman–Crippen MR) is 99.4 cm³/mol. The van der Waals surface area contributed by atoms with Crippen molar-refractivity contribution in [1.82, 2.24) is 4.90 Å². The summed E-state index contributed by atoms with van der Waals surface area (Å²) in [7, 11) is 2.99. The minimum absolute atomic E-state index is 0.00689. The van der Waals surface area contributed by atoms with Crippen LogP contribution in [0.5, 0.6) is 11.5 Å². The van der Waals surface area contributed by atoms with Gasteiger partial charge >= 0.3 is 6.09 Å². The molecular formula is C20H29NO6. The molecule has 1 N–H and O–H groups in total. The lowest BCUT2D eigenvalue weighted by molar-refractivity contribution is 0.0470. The van der Waals surface area contributed by atoms with E-state index in [0.29, 0.717) is 37.8 Å². The fourth-order valence-corrected chi connectivity index (χ4v) is 3.98. The smallest absolute Gasteiger partial charge is 0.409 e. The van der Waals surface area contributed by atoms with Crippen molar-refractivity contribution >= 4 is 6.09 Å². The summed E-state index contributed by atoms with van der Waals surface area (Å²) in [6, 6.07) is 5.82. The molecule has 150 valence electrons. The van der Waals surface area contributed by atoms with Gasteiger partial charge in [-0.2, -0.15) is 0 Å². The molecule has 0 aromatic heterocycles. The first-order chi connectivity index (χ1) is 12.9. The maximum atomic E-state index is 12.1. The van der Waals surface area contributed by atoms with Crippen molar-refractivity contribution in [3.8, 4) is 11.5 Å². The Morgan fingerprint density at radius 1 is 1.37 bits per heavy atom. The first-order valence-corrected chi connectivity index (χ1v) is 9.32. The first kappa shape index (κ1) is 19.8. The number of nitrogens with zero attached hydrogens (tertiary/aromatic N) is 1. The number of carbonyl (C=O) groups excluding carboxylic acids is 1. The van der Waals surface area contributed by atoms with Crippen molar-refractivity contribution in [3.63, 3.8) is 0 Å². The molecule has 3 rings (SSSR count). The molecule has 0 bridgehead atoms. The summed E-state index contributed by atoms with van der Waals surface area (Å²) in [6.45, 7) is 5.94. The number of ether oxygens (including phenoxy) is 4. The van der Waals surface area contributed by atoms with Crippen molar-refractivity contribution in [2.45, 2.75) is 38.4 Å². The number of aliphatic hydroxyl groups excluding tert-OH is 1. The van der Waals surface area contributed by atoms with Crippen LogP contribution in [0.2, 0.25) is 0 Å². The zero-order valence-corrected chi connectivity index (χ0v) is 16.4. The van der Waals surface area contributed by atoms with E-state index in [1.54, 1.807) is 18.9 Å². The molecule has 1 aromatic rings. The van der Waals surface area contributed by atoms with Crippen LogP contribution in [0.15, 0.2) is 18.2 Å². The quantitative estimate of drug-likeness (QED) is 0.847. The van der Waals surface area contributed by atoms with E-state index in [9.17, 15) is 9.90 Å². The molecule has 2 fully saturated rings. The number of benzene rings is 1. The highest BCUT2D eigenvalue weighted by Crippen LogP contribution is 2.47. The molecular weight excluding hydrogens is 350 g/mol. The Kier molecular flexibility index (Phi) is 5.81. The number of carbonyl (C=O) groups is 1. The Labute approximate surface area is 160 Å². The molecule has 7 nitrogen and oxygen atoms in total. The van der Waals surface area contributed by atoms with Crippen molar-refractivity contribution in [3.05, 3.63) is 23.8 Å². The molecule has 4 atom stereocenters. The minimum Gasteiger partial charge on any atom is -0.493 e. The van der Waals surface area contributed by atoms with E-state index in [4.69, 9.17) is 18.9 Å². The van der Waals surface area contributed by atoms with Crippen LogP contribution in [0, 0.1) is 5.41 Å². The molecule has 1 aromatic carbocycles. The fourth-order valence-electron chi connectivity index (χ4n) is 3.98. The van der Waals surface area contributed by atoms with E-state index in [0.717, 1.165) is 12.0 Å².